The van der Waals surface area contributed by atoms with Crippen LogP contribution in [0.3, 0.4) is 0 Å². The van der Waals surface area contributed by atoms with E-state index in [1.807, 2.05) is 6.92 Å². The van der Waals surface area contributed by atoms with Gasteiger partial charge in [0.1, 0.15) is 0 Å². The van der Waals surface area contributed by atoms with Gasteiger partial charge in [-0.3, -0.25) is 4.79 Å². The van der Waals surface area contributed by atoms with Crippen LogP contribution in [-0.4, -0.2) is 29.4 Å². The lowest BCUT2D eigenvalue weighted by Gasteiger charge is -2.04. The van der Waals surface area contributed by atoms with Gasteiger partial charge in [-0.15, -0.1) is 11.8 Å². The Labute approximate surface area is 71.1 Å². The summed E-state index contributed by atoms with van der Waals surface area (Å²) in [5, 5.41) is 8.48. The van der Waals surface area contributed by atoms with Gasteiger partial charge in [0.15, 0.2) is 0 Å². The van der Waals surface area contributed by atoms with Crippen LogP contribution in [0.4, 0.5) is 0 Å². The highest BCUT2D eigenvalue weighted by Crippen LogP contribution is 2.08. The lowest BCUT2D eigenvalue weighted by atomic mass is 10.2. The van der Waals surface area contributed by atoms with Crippen molar-refractivity contribution >= 4 is 17.7 Å². The zero-order valence-electron chi connectivity index (χ0n) is 6.87. The van der Waals surface area contributed by atoms with Gasteiger partial charge in [0.2, 0.25) is 0 Å². The molecule has 0 bridgehead atoms. The number of ether oxygens (including phenoxy) is 1. The minimum atomic E-state index is -0.742. The number of rotatable bonds is 6. The largest absolute Gasteiger partial charge is 0.481 e. The zero-order chi connectivity index (χ0) is 8.69. The van der Waals surface area contributed by atoms with Crippen molar-refractivity contribution in [2.45, 2.75) is 13.8 Å². The fourth-order valence-corrected chi connectivity index (χ4v) is 1.32. The van der Waals surface area contributed by atoms with Crippen LogP contribution in [0.15, 0.2) is 0 Å². The van der Waals surface area contributed by atoms with Gasteiger partial charge >= 0.3 is 5.97 Å². The van der Waals surface area contributed by atoms with Crippen LogP contribution in [-0.2, 0) is 9.53 Å². The van der Waals surface area contributed by atoms with E-state index in [0.29, 0.717) is 18.3 Å². The molecule has 0 spiro atoms. The van der Waals surface area contributed by atoms with Gasteiger partial charge in [0.25, 0.3) is 0 Å². The topological polar surface area (TPSA) is 46.5 Å². The van der Waals surface area contributed by atoms with E-state index in [0.717, 1.165) is 0 Å². The summed E-state index contributed by atoms with van der Waals surface area (Å²) in [6.45, 7) is 4.30. The van der Waals surface area contributed by atoms with Crippen LogP contribution < -0.4 is 0 Å². The molecular formula is C7H14O3S. The molecule has 0 aliphatic heterocycles. The first-order chi connectivity index (χ1) is 5.18. The first-order valence-corrected chi connectivity index (χ1v) is 4.72. The fraction of sp³-hybridized carbons (Fsp3) is 0.857. The van der Waals surface area contributed by atoms with E-state index < -0.39 is 5.97 Å². The Morgan fingerprint density at radius 1 is 1.73 bits per heavy atom. The van der Waals surface area contributed by atoms with E-state index in [-0.39, 0.29) is 5.92 Å². The lowest BCUT2D eigenvalue weighted by molar-refractivity contribution is -0.140. The van der Waals surface area contributed by atoms with Gasteiger partial charge < -0.3 is 9.84 Å². The maximum absolute atomic E-state index is 10.3. The third-order valence-corrected chi connectivity index (χ3v) is 2.23. The molecule has 0 aliphatic carbocycles. The summed E-state index contributed by atoms with van der Waals surface area (Å²) >= 11 is 1.51. The molecule has 1 atom stereocenters. The number of thioether (sulfide) groups is 1. The fourth-order valence-electron chi connectivity index (χ4n) is 0.438. The molecule has 0 saturated carbocycles. The van der Waals surface area contributed by atoms with Crippen LogP contribution >= 0.6 is 11.8 Å². The molecule has 1 N–H and O–H groups in total. The molecule has 0 aromatic carbocycles. The smallest absolute Gasteiger partial charge is 0.307 e. The molecule has 4 heteroatoms. The molecule has 0 fully saturated rings. The quantitative estimate of drug-likeness (QED) is 0.494. The zero-order valence-corrected chi connectivity index (χ0v) is 7.69. The normalized spacial score (nSPS) is 12.9. The van der Waals surface area contributed by atoms with Gasteiger partial charge in [0, 0.05) is 12.4 Å². The van der Waals surface area contributed by atoms with Gasteiger partial charge in [-0.05, 0) is 6.92 Å². The predicted octanol–water partition coefficient (Wildman–Crippen LogP) is 1.43. The molecule has 0 aromatic heterocycles. The summed E-state index contributed by atoms with van der Waals surface area (Å²) < 4.78 is 5.03. The number of hydrogen-bond donors (Lipinski definition) is 1. The number of aliphatic carboxylic acids is 1. The standard InChI is InChI=1S/C7H14O3S/c1-3-10-5-11-4-6(2)7(8)9/h6H,3-5H2,1-2H3,(H,8,9). The van der Waals surface area contributed by atoms with Crippen molar-refractivity contribution in [3.8, 4) is 0 Å². The van der Waals surface area contributed by atoms with Gasteiger partial charge in [0.05, 0.1) is 11.9 Å². The number of carboxylic acid groups (broad SMARTS) is 1. The molecule has 1 unspecified atom stereocenters. The monoisotopic (exact) mass is 178 g/mol. The molecule has 0 radical (unpaired) electrons. The number of carboxylic acids is 1. The van der Waals surface area contributed by atoms with Gasteiger partial charge in [-0.25, -0.2) is 0 Å². The van der Waals surface area contributed by atoms with Gasteiger partial charge in [-0.1, -0.05) is 6.92 Å². The highest BCUT2D eigenvalue weighted by atomic mass is 32.2. The summed E-state index contributed by atoms with van der Waals surface area (Å²) in [5.74, 6) is 0.193. The van der Waals surface area contributed by atoms with E-state index in [4.69, 9.17) is 9.84 Å². The SMILES string of the molecule is CCOCSCC(C)C(=O)O. The molecule has 66 valence electrons. The minimum absolute atomic E-state index is 0.277. The molecule has 3 nitrogen and oxygen atoms in total. The summed E-state index contributed by atoms with van der Waals surface area (Å²) in [4.78, 5) is 10.3. The average molecular weight is 178 g/mol. The Morgan fingerprint density at radius 3 is 2.82 bits per heavy atom. The van der Waals surface area contributed by atoms with Crippen molar-refractivity contribution < 1.29 is 14.6 Å². The highest BCUT2D eigenvalue weighted by molar-refractivity contribution is 7.99. The Bertz CT molecular complexity index is 116. The van der Waals surface area contributed by atoms with Crippen LogP contribution in [0.25, 0.3) is 0 Å². The summed E-state index contributed by atoms with van der Waals surface area (Å²) in [5.41, 5.74) is 0. The van der Waals surface area contributed by atoms with Crippen molar-refractivity contribution in [1.29, 1.82) is 0 Å². The molecule has 0 saturated heterocycles. The van der Waals surface area contributed by atoms with E-state index in [2.05, 4.69) is 0 Å². The summed E-state index contributed by atoms with van der Waals surface area (Å²) in [6, 6.07) is 0. The molecule has 0 heterocycles. The van der Waals surface area contributed by atoms with Crippen molar-refractivity contribution in [2.24, 2.45) is 5.92 Å². The number of carbonyl (C=O) groups is 1. The van der Waals surface area contributed by atoms with Gasteiger partial charge in [-0.2, -0.15) is 0 Å². The number of hydrogen-bond acceptors (Lipinski definition) is 3. The lowest BCUT2D eigenvalue weighted by Crippen LogP contribution is -2.12. The van der Waals surface area contributed by atoms with Crippen molar-refractivity contribution in [3.05, 3.63) is 0 Å². The summed E-state index contributed by atoms with van der Waals surface area (Å²) in [7, 11) is 0. The van der Waals surface area contributed by atoms with Crippen LogP contribution in [0.5, 0.6) is 0 Å². The third kappa shape index (κ3) is 6.19. The van der Waals surface area contributed by atoms with E-state index in [1.165, 1.54) is 11.8 Å². The van der Waals surface area contributed by atoms with Crippen LogP contribution in [0.2, 0.25) is 0 Å². The molecule has 0 rings (SSSR count). The van der Waals surface area contributed by atoms with Crippen LogP contribution in [0, 0.1) is 5.92 Å². The van der Waals surface area contributed by atoms with Crippen molar-refractivity contribution in [1.82, 2.24) is 0 Å². The second-order valence-corrected chi connectivity index (χ2v) is 3.20. The first kappa shape index (κ1) is 10.8. The Morgan fingerprint density at radius 2 is 2.36 bits per heavy atom. The molecule has 11 heavy (non-hydrogen) atoms. The van der Waals surface area contributed by atoms with Crippen LogP contribution in [0.1, 0.15) is 13.8 Å². The first-order valence-electron chi connectivity index (χ1n) is 3.56. The second kappa shape index (κ2) is 6.49. The molecule has 0 amide bonds. The molecule has 0 aliphatic rings. The predicted molar refractivity (Wildman–Crippen MR) is 45.8 cm³/mol. The molecule has 0 aromatic rings. The van der Waals surface area contributed by atoms with E-state index in [9.17, 15) is 4.79 Å². The summed E-state index contributed by atoms with van der Waals surface area (Å²) in [6.07, 6.45) is 0. The molecular weight excluding hydrogens is 164 g/mol. The average Bonchev–Trinajstić information content (AvgIpc) is 1.97. The highest BCUT2D eigenvalue weighted by Gasteiger charge is 2.09. The Balaban J connectivity index is 3.17. The second-order valence-electron chi connectivity index (χ2n) is 2.22. The maximum atomic E-state index is 10.3. The van der Waals surface area contributed by atoms with Crippen molar-refractivity contribution in [2.75, 3.05) is 18.3 Å². The minimum Gasteiger partial charge on any atom is -0.481 e. The maximum Gasteiger partial charge on any atom is 0.307 e. The van der Waals surface area contributed by atoms with E-state index in [1.54, 1.807) is 6.92 Å². The Kier molecular flexibility index (Phi) is 6.36. The van der Waals surface area contributed by atoms with Crippen molar-refractivity contribution in [3.63, 3.8) is 0 Å². The Hall–Kier alpha value is -0.220. The van der Waals surface area contributed by atoms with E-state index >= 15 is 0 Å². The third-order valence-electron chi connectivity index (χ3n) is 1.16.